The van der Waals surface area contributed by atoms with Gasteiger partial charge in [-0.1, -0.05) is 36.0 Å². The van der Waals surface area contributed by atoms with Gasteiger partial charge >= 0.3 is 0 Å². The lowest BCUT2D eigenvalue weighted by atomic mass is 10.2. The second kappa shape index (κ2) is 12.1. The lowest BCUT2D eigenvalue weighted by molar-refractivity contribution is -0.113. The largest absolute Gasteiger partial charge is 0.495 e. The molecule has 186 valence electrons. The molecule has 0 saturated carbocycles. The summed E-state index contributed by atoms with van der Waals surface area (Å²) in [6.45, 7) is 4.71. The van der Waals surface area contributed by atoms with Crippen LogP contribution in [0.3, 0.4) is 0 Å². The molecule has 8 nitrogen and oxygen atoms in total. The molecule has 0 fully saturated rings. The summed E-state index contributed by atoms with van der Waals surface area (Å²) in [7, 11) is 1.58. The second-order valence-electron chi connectivity index (χ2n) is 7.80. The van der Waals surface area contributed by atoms with Gasteiger partial charge in [0, 0.05) is 5.69 Å². The summed E-state index contributed by atoms with van der Waals surface area (Å²) in [6.07, 6.45) is 0. The summed E-state index contributed by atoms with van der Waals surface area (Å²) in [5, 5.41) is 12.2. The highest BCUT2D eigenvalue weighted by Crippen LogP contribution is 2.27. The SMILES string of the molecule is CCOc1ccc(-n2c(COc3ccccc3)nnc2SCC(=O)Nc2cc(C)ccc2OC)cc1. The zero-order valence-electron chi connectivity index (χ0n) is 20.4. The molecule has 1 N–H and O–H groups in total. The molecule has 0 aliphatic heterocycles. The Labute approximate surface area is 214 Å². The maximum absolute atomic E-state index is 12.8. The van der Waals surface area contributed by atoms with E-state index in [2.05, 4.69) is 15.5 Å². The van der Waals surface area contributed by atoms with Gasteiger partial charge in [-0.25, -0.2) is 0 Å². The Balaban J connectivity index is 1.53. The van der Waals surface area contributed by atoms with Gasteiger partial charge in [-0.15, -0.1) is 10.2 Å². The first kappa shape index (κ1) is 25.1. The molecule has 3 aromatic carbocycles. The number of methoxy groups -OCH3 is 1. The first-order chi connectivity index (χ1) is 17.6. The summed E-state index contributed by atoms with van der Waals surface area (Å²) in [4.78, 5) is 12.8. The predicted molar refractivity (Wildman–Crippen MR) is 140 cm³/mol. The number of para-hydroxylation sites is 1. The Morgan fingerprint density at radius 3 is 2.44 bits per heavy atom. The fraction of sp³-hybridized carbons (Fsp3) is 0.222. The van der Waals surface area contributed by atoms with Crippen LogP contribution < -0.4 is 19.5 Å². The average molecular weight is 505 g/mol. The normalized spacial score (nSPS) is 10.6. The van der Waals surface area contributed by atoms with Crippen LogP contribution >= 0.6 is 11.8 Å². The van der Waals surface area contributed by atoms with Crippen molar-refractivity contribution in [3.8, 4) is 22.9 Å². The van der Waals surface area contributed by atoms with E-state index in [1.165, 1.54) is 11.8 Å². The molecule has 0 aliphatic carbocycles. The summed E-state index contributed by atoms with van der Waals surface area (Å²) < 4.78 is 18.7. The Bertz CT molecular complexity index is 1290. The van der Waals surface area contributed by atoms with Crippen molar-refractivity contribution < 1.29 is 19.0 Å². The van der Waals surface area contributed by atoms with E-state index < -0.39 is 0 Å². The van der Waals surface area contributed by atoms with Crippen molar-refractivity contribution in [2.24, 2.45) is 0 Å². The molecule has 1 amide bonds. The predicted octanol–water partition coefficient (Wildman–Crippen LogP) is 5.29. The van der Waals surface area contributed by atoms with Crippen LogP contribution in [-0.4, -0.2) is 40.1 Å². The highest BCUT2D eigenvalue weighted by atomic mass is 32.2. The van der Waals surface area contributed by atoms with Crippen molar-refractivity contribution in [2.45, 2.75) is 25.6 Å². The van der Waals surface area contributed by atoms with E-state index in [0.717, 1.165) is 22.7 Å². The number of carbonyl (C=O) groups is 1. The number of aryl methyl sites for hydroxylation is 1. The summed E-state index contributed by atoms with van der Waals surface area (Å²) in [5.74, 6) is 2.71. The molecule has 0 bridgehead atoms. The highest BCUT2D eigenvalue weighted by Gasteiger charge is 2.17. The van der Waals surface area contributed by atoms with Crippen LogP contribution in [-0.2, 0) is 11.4 Å². The first-order valence-electron chi connectivity index (χ1n) is 11.5. The standard InChI is InChI=1S/C27H28N4O4S/c1-4-34-22-13-11-20(12-14-22)31-25(17-35-21-8-6-5-7-9-21)29-30-27(31)36-18-26(32)28-23-16-19(2)10-15-24(23)33-3/h5-16H,4,17-18H2,1-3H3,(H,28,32). The molecule has 4 aromatic rings. The molecule has 9 heteroatoms. The van der Waals surface area contributed by atoms with E-state index in [1.807, 2.05) is 91.2 Å². The minimum Gasteiger partial charge on any atom is -0.495 e. The number of carbonyl (C=O) groups excluding carboxylic acids is 1. The van der Waals surface area contributed by atoms with E-state index in [9.17, 15) is 4.79 Å². The van der Waals surface area contributed by atoms with E-state index in [4.69, 9.17) is 14.2 Å². The third-order valence-corrected chi connectivity index (χ3v) is 6.11. The zero-order chi connectivity index (χ0) is 25.3. The van der Waals surface area contributed by atoms with E-state index in [1.54, 1.807) is 7.11 Å². The van der Waals surface area contributed by atoms with Gasteiger partial charge in [-0.05, 0) is 67.9 Å². The van der Waals surface area contributed by atoms with Gasteiger partial charge in [0.2, 0.25) is 5.91 Å². The Morgan fingerprint density at radius 2 is 1.72 bits per heavy atom. The second-order valence-corrected chi connectivity index (χ2v) is 8.75. The average Bonchev–Trinajstić information content (AvgIpc) is 3.30. The number of benzene rings is 3. The first-order valence-corrected chi connectivity index (χ1v) is 12.5. The Kier molecular flexibility index (Phi) is 8.46. The fourth-order valence-corrected chi connectivity index (χ4v) is 4.28. The molecule has 36 heavy (non-hydrogen) atoms. The molecular weight excluding hydrogens is 476 g/mol. The molecule has 1 aromatic heterocycles. The molecule has 0 aliphatic rings. The number of nitrogens with one attached hydrogen (secondary N) is 1. The van der Waals surface area contributed by atoms with Crippen molar-refractivity contribution in [1.82, 2.24) is 14.8 Å². The van der Waals surface area contributed by atoms with Crippen molar-refractivity contribution in [3.63, 3.8) is 0 Å². The molecular formula is C27H28N4O4S. The number of hydrogen-bond donors (Lipinski definition) is 1. The third-order valence-electron chi connectivity index (χ3n) is 5.18. The van der Waals surface area contributed by atoms with Crippen LogP contribution in [0.5, 0.6) is 17.2 Å². The van der Waals surface area contributed by atoms with Crippen molar-refractivity contribution in [3.05, 3.63) is 84.2 Å². The lowest BCUT2D eigenvalue weighted by Gasteiger charge is -2.13. The van der Waals surface area contributed by atoms with Gasteiger partial charge in [0.15, 0.2) is 11.0 Å². The molecule has 0 spiro atoms. The summed E-state index contributed by atoms with van der Waals surface area (Å²) in [5.41, 5.74) is 2.50. The monoisotopic (exact) mass is 504 g/mol. The van der Waals surface area contributed by atoms with Crippen LogP contribution in [0.1, 0.15) is 18.3 Å². The number of anilines is 1. The smallest absolute Gasteiger partial charge is 0.234 e. The van der Waals surface area contributed by atoms with E-state index in [-0.39, 0.29) is 18.3 Å². The number of nitrogens with zero attached hydrogens (tertiary/aromatic N) is 3. The van der Waals surface area contributed by atoms with E-state index >= 15 is 0 Å². The Hall–Kier alpha value is -3.98. The maximum Gasteiger partial charge on any atom is 0.234 e. The van der Waals surface area contributed by atoms with Gasteiger partial charge < -0.3 is 19.5 Å². The lowest BCUT2D eigenvalue weighted by Crippen LogP contribution is -2.15. The van der Waals surface area contributed by atoms with Gasteiger partial charge in [-0.2, -0.15) is 0 Å². The molecule has 0 saturated heterocycles. The maximum atomic E-state index is 12.8. The number of aromatic nitrogens is 3. The van der Waals surface area contributed by atoms with Gasteiger partial charge in [0.05, 0.1) is 25.2 Å². The van der Waals surface area contributed by atoms with Crippen LogP contribution in [0, 0.1) is 6.92 Å². The number of amides is 1. The molecule has 0 unspecified atom stereocenters. The van der Waals surface area contributed by atoms with Crippen molar-refractivity contribution >= 4 is 23.4 Å². The van der Waals surface area contributed by atoms with Gasteiger partial charge in [-0.3, -0.25) is 9.36 Å². The van der Waals surface area contributed by atoms with Gasteiger partial charge in [0.25, 0.3) is 0 Å². The number of rotatable bonds is 11. The summed E-state index contributed by atoms with van der Waals surface area (Å²) in [6, 6.07) is 22.8. The zero-order valence-corrected chi connectivity index (χ0v) is 21.2. The van der Waals surface area contributed by atoms with Crippen LogP contribution in [0.15, 0.2) is 78.0 Å². The number of thioether (sulfide) groups is 1. The number of hydrogen-bond acceptors (Lipinski definition) is 7. The van der Waals surface area contributed by atoms with Crippen molar-refractivity contribution in [2.75, 3.05) is 24.8 Å². The van der Waals surface area contributed by atoms with Gasteiger partial charge in [0.1, 0.15) is 23.9 Å². The van der Waals surface area contributed by atoms with Crippen LogP contribution in [0.2, 0.25) is 0 Å². The van der Waals surface area contributed by atoms with E-state index in [0.29, 0.717) is 29.0 Å². The minimum absolute atomic E-state index is 0.145. The van der Waals surface area contributed by atoms with Crippen LogP contribution in [0.25, 0.3) is 5.69 Å². The van der Waals surface area contributed by atoms with Crippen LogP contribution in [0.4, 0.5) is 5.69 Å². The molecule has 1 heterocycles. The minimum atomic E-state index is -0.174. The molecule has 0 atom stereocenters. The third kappa shape index (κ3) is 6.37. The topological polar surface area (TPSA) is 87.5 Å². The Morgan fingerprint density at radius 1 is 0.972 bits per heavy atom. The van der Waals surface area contributed by atoms with Crippen molar-refractivity contribution in [1.29, 1.82) is 0 Å². The highest BCUT2D eigenvalue weighted by molar-refractivity contribution is 7.99. The summed E-state index contributed by atoms with van der Waals surface area (Å²) >= 11 is 1.29. The molecule has 0 radical (unpaired) electrons. The number of ether oxygens (including phenoxy) is 3. The quantitative estimate of drug-likeness (QED) is 0.278. The fourth-order valence-electron chi connectivity index (χ4n) is 3.51. The molecule has 4 rings (SSSR count).